The lowest BCUT2D eigenvalue weighted by atomic mass is 9.80. The minimum atomic E-state index is -1.50. The summed E-state index contributed by atoms with van der Waals surface area (Å²) in [5.41, 5.74) is 4.83. The Morgan fingerprint density at radius 2 is 0.742 bits per heavy atom. The Labute approximate surface area is 764 Å². The van der Waals surface area contributed by atoms with Crippen molar-refractivity contribution in [3.63, 3.8) is 0 Å². The summed E-state index contributed by atoms with van der Waals surface area (Å²) in [4.78, 5) is 126. The van der Waals surface area contributed by atoms with E-state index in [9.17, 15) is 43.2 Å². The lowest BCUT2D eigenvalue weighted by molar-refractivity contribution is -0.139. The van der Waals surface area contributed by atoms with Crippen LogP contribution >= 0.6 is 39.1 Å². The Bertz CT molecular complexity index is 5040. The van der Waals surface area contributed by atoms with Gasteiger partial charge in [-0.2, -0.15) is 0 Å². The fraction of sp³-hybridized carbons (Fsp3) is 0.348. The van der Waals surface area contributed by atoms with Gasteiger partial charge in [-0.1, -0.05) is 199 Å². The summed E-state index contributed by atoms with van der Waals surface area (Å²) >= 11 is 15.7. The Balaban J connectivity index is 0.000000278. The van der Waals surface area contributed by atoms with Crippen molar-refractivity contribution >= 4 is 118 Å². The molecular weight excluding hydrogens is 1750 g/mol. The smallest absolute Gasteiger partial charge is 0.480 e. The van der Waals surface area contributed by atoms with E-state index in [0.717, 1.165) is 39.7 Å². The van der Waals surface area contributed by atoms with Crippen LogP contribution in [0.15, 0.2) is 217 Å². The van der Waals surface area contributed by atoms with Crippen LogP contribution in [0.25, 0.3) is 11.3 Å². The Hall–Kier alpha value is -12.8. The molecule has 0 radical (unpaired) electrons. The number of aliphatic carboxylic acids is 1. The highest BCUT2D eigenvalue weighted by molar-refractivity contribution is 9.10. The number of carboxylic acid groups (broad SMARTS) is 1. The number of halogens is 3. The van der Waals surface area contributed by atoms with Gasteiger partial charge in [0, 0.05) is 55.0 Å². The van der Waals surface area contributed by atoms with Gasteiger partial charge in [-0.05, 0) is 184 Å². The number of carboxylic acids is 1. The number of hydrogen-bond acceptors (Lipinski definition) is 21. The molecule has 0 saturated carbocycles. The van der Waals surface area contributed by atoms with E-state index in [1.165, 1.54) is 26.4 Å². The molecule has 10 rings (SSSR count). The third-order valence-electron chi connectivity index (χ3n) is 16.4. The van der Waals surface area contributed by atoms with Crippen LogP contribution in [-0.4, -0.2) is 161 Å². The van der Waals surface area contributed by atoms with Crippen LogP contribution < -0.4 is 42.7 Å². The summed E-state index contributed by atoms with van der Waals surface area (Å²) in [5.74, 6) is 0.692. The second-order valence-electron chi connectivity index (χ2n) is 33.3. The van der Waals surface area contributed by atoms with Crippen LogP contribution in [0.4, 0.5) is 44.9 Å². The van der Waals surface area contributed by atoms with Gasteiger partial charge in [0.2, 0.25) is 0 Å². The van der Waals surface area contributed by atoms with E-state index >= 15 is 0 Å². The molecule has 3 aromatic heterocycles. The van der Waals surface area contributed by atoms with Gasteiger partial charge in [0.15, 0.2) is 0 Å². The Kier molecular flexibility index (Phi) is 42.8. The number of nitrogens with one attached hydrogen (secondary N) is 10. The molecule has 13 N–H and O–H groups in total. The molecule has 0 saturated heterocycles. The van der Waals surface area contributed by atoms with Crippen molar-refractivity contribution < 1.29 is 91.5 Å². The number of methoxy groups -OCH3 is 2. The molecule has 686 valence electrons. The maximum Gasteiger partial charge on any atom is 0.488 e. The SMILES string of the molecule is CC(C)(C)OC(=O)N[C@@H](Cc1ccccc1)C(=O)O.CC(C)(C)OC(=O)N[C@@H](Cc1ccccc1)c1nc(Br)c(Cl)[nH]1.CC(C)(C)OC(=O)N[C@@H](Cc1ccccc1)c1ncc[nH]1.CC(C)(C)OC(=O)N[C@H](C=O)Cc1ccccc1.COC(=O)Nc1ccc(-c2nc([C@H](Cc3ccccc3)NC(=O)OC(C)(C)C)[nH]c2Cl)cc1.COC(=O)Nc1ccc(B(O)O)cc1. The van der Waals surface area contributed by atoms with Gasteiger partial charge in [0.25, 0.3) is 0 Å². The molecule has 0 aliphatic carbocycles. The van der Waals surface area contributed by atoms with Crippen molar-refractivity contribution in [2.75, 3.05) is 24.9 Å². The van der Waals surface area contributed by atoms with Crippen LogP contribution in [0.3, 0.4) is 0 Å². The number of imidazole rings is 3. The van der Waals surface area contributed by atoms with Gasteiger partial charge >= 0.3 is 55.7 Å². The predicted octanol–water partition coefficient (Wildman–Crippen LogP) is 17.6. The largest absolute Gasteiger partial charge is 0.488 e. The number of alkyl carbamates (subject to hydrolysis) is 5. The average molecular weight is 1870 g/mol. The molecule has 7 aromatic carbocycles. The first-order valence-electron chi connectivity index (χ1n) is 40.4. The molecule has 0 bridgehead atoms. The van der Waals surface area contributed by atoms with Gasteiger partial charge in [0.1, 0.15) is 78.4 Å². The van der Waals surface area contributed by atoms with Crippen LogP contribution in [0.2, 0.25) is 10.3 Å². The van der Waals surface area contributed by atoms with Crippen LogP contribution in [-0.2, 0) is 74.9 Å². The molecule has 0 fully saturated rings. The number of carbonyl (C=O) groups is 9. The topological polar surface area (TPSA) is 449 Å². The second-order valence-corrected chi connectivity index (χ2v) is 34.8. The summed E-state index contributed by atoms with van der Waals surface area (Å²) in [6.07, 6.45) is 2.60. The van der Waals surface area contributed by atoms with E-state index in [-0.39, 0.29) is 18.5 Å². The number of aromatic nitrogens is 6. The fourth-order valence-corrected chi connectivity index (χ4v) is 11.7. The van der Waals surface area contributed by atoms with Crippen molar-refractivity contribution in [3.8, 4) is 11.3 Å². The number of ether oxygens (including phenoxy) is 7. The third-order valence-corrected chi connectivity index (χ3v) is 17.8. The molecule has 0 unspecified atom stereocenters. The van der Waals surface area contributed by atoms with Crippen LogP contribution in [0.1, 0.15) is 167 Å². The number of aldehydes is 1. The van der Waals surface area contributed by atoms with E-state index < -0.39 is 102 Å². The van der Waals surface area contributed by atoms with E-state index in [4.69, 9.17) is 62.0 Å². The number of anilines is 2. The lowest BCUT2D eigenvalue weighted by Gasteiger charge is -2.23. The van der Waals surface area contributed by atoms with Crippen molar-refractivity contribution in [1.82, 2.24) is 56.5 Å². The molecule has 0 aliphatic rings. The highest BCUT2D eigenvalue weighted by atomic mass is 79.9. The molecule has 36 heteroatoms. The van der Waals surface area contributed by atoms with E-state index in [2.05, 4.69) is 92.5 Å². The van der Waals surface area contributed by atoms with Gasteiger partial charge < -0.3 is 94.6 Å². The Morgan fingerprint density at radius 3 is 1.05 bits per heavy atom. The predicted molar refractivity (Wildman–Crippen MR) is 494 cm³/mol. The van der Waals surface area contributed by atoms with Crippen molar-refractivity contribution in [3.05, 3.63) is 273 Å². The van der Waals surface area contributed by atoms with Crippen molar-refractivity contribution in [2.45, 2.75) is 194 Å². The average Bonchev–Trinajstić information content (AvgIpc) is 1.66. The van der Waals surface area contributed by atoms with Gasteiger partial charge in [0.05, 0.1) is 38.4 Å². The molecular formula is C92H115BBrCl2N13O19. The summed E-state index contributed by atoms with van der Waals surface area (Å²) < 4.78 is 35.7. The first-order chi connectivity index (χ1) is 60.1. The normalized spacial score (nSPS) is 12.1. The number of H-pyrrole nitrogens is 3. The zero-order chi connectivity index (χ0) is 95.0. The quantitative estimate of drug-likeness (QED) is 0.0152. The molecule has 128 heavy (non-hydrogen) atoms. The van der Waals surface area contributed by atoms with E-state index in [1.807, 2.05) is 193 Å². The summed E-state index contributed by atoms with van der Waals surface area (Å²) in [5, 5.41) is 45.9. The van der Waals surface area contributed by atoms with Crippen molar-refractivity contribution in [2.24, 2.45) is 0 Å². The third kappa shape index (κ3) is 43.4. The monoisotopic (exact) mass is 1870 g/mol. The molecule has 3 heterocycles. The number of nitrogens with zero attached hydrogens (tertiary/aromatic N) is 3. The molecule has 32 nitrogen and oxygen atoms in total. The first-order valence-corrected chi connectivity index (χ1v) is 42.0. The minimum Gasteiger partial charge on any atom is -0.480 e. The highest BCUT2D eigenvalue weighted by Gasteiger charge is 2.30. The molecule has 7 amide bonds. The van der Waals surface area contributed by atoms with E-state index in [1.54, 1.807) is 111 Å². The van der Waals surface area contributed by atoms with Crippen LogP contribution in [0.5, 0.6) is 0 Å². The van der Waals surface area contributed by atoms with Gasteiger partial charge in [-0.25, -0.2) is 53.3 Å². The zero-order valence-electron chi connectivity index (χ0n) is 74.6. The zero-order valence-corrected chi connectivity index (χ0v) is 77.7. The first kappa shape index (κ1) is 106. The standard InChI is InChI=1S/C24H27ClN4O4.C16H19BrClN3O2.C16H21N3O2.C14H19NO4.C14H19NO3.C8H10BNO4/c1-24(2,3)33-23(31)27-18(14-15-8-6-5-7-9-15)21-28-19(20(25)29-21)16-10-12-17(13-11-16)26-22(30)32-4;1-16(2,3)23-15(22)19-11(9-10-7-5-4-6-8-10)14-20-12(17)13(18)21-14;1-16(2,3)21-15(20)19-13(14-17-9-10-18-14)11-12-7-5-4-6-8-12;1-14(2,3)19-13(18)15-11(12(16)17)9-10-7-5-4-6-8-10;1-14(2,3)18-13(17)15-12(10-16)9-11-7-5-4-6-8-11;1-14-8(11)10-7-4-2-6(3-5-7)9(12)13/h5-13,18H,14H2,1-4H3,(H,26,30)(H,27,31)(H,28,29);4-8,11H,9H2,1-3H3,(H,19,22)(H,20,21);4-10,13H,11H2,1-3H3,(H,17,18)(H,19,20);4-8,11H,9H2,1-3H3,(H,15,18)(H,16,17);4-8,10,12H,9H2,1-3H3,(H,15,17);2-5,12-13H,1H3,(H,10,11)/t18-;11-;13-;11-;12-;/m00000./s1. The summed E-state index contributed by atoms with van der Waals surface area (Å²) in [6.45, 7) is 26.9. The lowest BCUT2D eigenvalue weighted by Crippen LogP contribution is -2.44. The number of rotatable bonds is 24. The summed E-state index contributed by atoms with van der Waals surface area (Å²) in [7, 11) is 1.06. The van der Waals surface area contributed by atoms with Crippen LogP contribution in [0, 0.1) is 0 Å². The highest BCUT2D eigenvalue weighted by Crippen LogP contribution is 2.31. The van der Waals surface area contributed by atoms with E-state index in [0.29, 0.717) is 80.6 Å². The van der Waals surface area contributed by atoms with Gasteiger partial charge in [-0.15, -0.1) is 0 Å². The van der Waals surface area contributed by atoms with Crippen molar-refractivity contribution in [1.29, 1.82) is 0 Å². The fourth-order valence-electron chi connectivity index (χ4n) is 11.0. The number of benzene rings is 7. The maximum atomic E-state index is 12.5. The molecule has 0 spiro atoms. The second kappa shape index (κ2) is 51.8. The number of amides is 7. The Morgan fingerprint density at radius 1 is 0.422 bits per heavy atom. The molecule has 0 aliphatic heterocycles. The molecule has 10 aromatic rings. The molecule has 5 atom stereocenters. The number of carbonyl (C=O) groups excluding carboxylic acids is 8. The minimum absolute atomic E-state index is 0.218. The van der Waals surface area contributed by atoms with Gasteiger partial charge in [-0.3, -0.25) is 10.6 Å². The summed E-state index contributed by atoms with van der Waals surface area (Å²) in [6, 6.07) is 58.5. The number of aromatic amines is 3. The maximum absolute atomic E-state index is 12.5. The number of hydrogen-bond donors (Lipinski definition) is 13.